The van der Waals surface area contributed by atoms with Gasteiger partial charge in [0.2, 0.25) is 5.91 Å². The second kappa shape index (κ2) is 7.98. The van der Waals surface area contributed by atoms with Gasteiger partial charge in [0.1, 0.15) is 0 Å². The van der Waals surface area contributed by atoms with E-state index in [2.05, 4.69) is 29.6 Å². The fourth-order valence-corrected chi connectivity index (χ4v) is 3.44. The molecule has 0 aliphatic carbocycles. The Balaban J connectivity index is 1.51. The predicted octanol–water partition coefficient (Wildman–Crippen LogP) is 5.39. The molecular weight excluding hydrogens is 362 g/mol. The van der Waals surface area contributed by atoms with Crippen LogP contribution in [0.2, 0.25) is 0 Å². The van der Waals surface area contributed by atoms with E-state index in [-0.39, 0.29) is 17.9 Å². The van der Waals surface area contributed by atoms with Crippen molar-refractivity contribution in [3.8, 4) is 11.1 Å². The number of para-hydroxylation sites is 1. The molecule has 2 N–H and O–H groups in total. The lowest BCUT2D eigenvalue weighted by Gasteiger charge is -2.10. The van der Waals surface area contributed by atoms with Crippen LogP contribution in [-0.4, -0.2) is 17.0 Å². The van der Waals surface area contributed by atoms with Crippen molar-refractivity contribution in [2.45, 2.75) is 6.42 Å². The van der Waals surface area contributed by atoms with Gasteiger partial charge in [-0.05, 0) is 39.6 Å². The van der Waals surface area contributed by atoms with Gasteiger partial charge in [0.05, 0.1) is 17.7 Å². The predicted molar refractivity (Wildman–Crippen MR) is 115 cm³/mol. The van der Waals surface area contributed by atoms with Crippen LogP contribution in [-0.2, 0) is 11.2 Å². The molecule has 4 nitrogen and oxygen atoms in total. The van der Waals surface area contributed by atoms with Gasteiger partial charge < -0.3 is 10.4 Å². The summed E-state index contributed by atoms with van der Waals surface area (Å²) in [6.45, 7) is 0. The number of anilines is 1. The number of benzene rings is 4. The number of aromatic carboxylic acids is 1. The van der Waals surface area contributed by atoms with Crippen LogP contribution in [0.4, 0.5) is 5.69 Å². The highest BCUT2D eigenvalue weighted by atomic mass is 16.4. The normalized spacial score (nSPS) is 10.6. The minimum absolute atomic E-state index is 0.0761. The zero-order chi connectivity index (χ0) is 20.2. The summed E-state index contributed by atoms with van der Waals surface area (Å²) < 4.78 is 0. The molecule has 0 spiro atoms. The Hall–Kier alpha value is -3.92. The summed E-state index contributed by atoms with van der Waals surface area (Å²) in [6.07, 6.45) is 0.170. The van der Waals surface area contributed by atoms with E-state index in [1.54, 1.807) is 18.2 Å². The van der Waals surface area contributed by atoms with Crippen molar-refractivity contribution in [1.29, 1.82) is 0 Å². The van der Waals surface area contributed by atoms with Crippen LogP contribution in [0.3, 0.4) is 0 Å². The lowest BCUT2D eigenvalue weighted by atomic mass is 9.97. The molecule has 142 valence electrons. The molecule has 0 aliphatic rings. The van der Waals surface area contributed by atoms with Gasteiger partial charge in [-0.3, -0.25) is 4.79 Å². The largest absolute Gasteiger partial charge is 0.478 e. The van der Waals surface area contributed by atoms with Gasteiger partial charge in [0.25, 0.3) is 0 Å². The number of nitrogens with one attached hydrogen (secondary N) is 1. The first-order chi connectivity index (χ1) is 14.1. The number of carbonyl (C=O) groups is 2. The van der Waals surface area contributed by atoms with Gasteiger partial charge in [-0.2, -0.15) is 0 Å². The van der Waals surface area contributed by atoms with Crippen molar-refractivity contribution in [1.82, 2.24) is 0 Å². The van der Waals surface area contributed by atoms with Crippen molar-refractivity contribution in [2.75, 3.05) is 5.32 Å². The van der Waals surface area contributed by atoms with Gasteiger partial charge in [-0.1, -0.05) is 78.9 Å². The summed E-state index contributed by atoms with van der Waals surface area (Å²) in [4.78, 5) is 23.7. The van der Waals surface area contributed by atoms with E-state index in [1.165, 1.54) is 16.8 Å². The maximum absolute atomic E-state index is 12.4. The maximum atomic E-state index is 12.4. The first-order valence-corrected chi connectivity index (χ1v) is 9.31. The van der Waals surface area contributed by atoms with Gasteiger partial charge in [-0.25, -0.2) is 4.79 Å². The van der Waals surface area contributed by atoms with E-state index >= 15 is 0 Å². The fourth-order valence-electron chi connectivity index (χ4n) is 3.44. The summed E-state index contributed by atoms with van der Waals surface area (Å²) in [6, 6.07) is 28.7. The second-order valence-electron chi connectivity index (χ2n) is 6.80. The number of hydrogen-bond acceptors (Lipinski definition) is 2. The molecule has 0 aliphatic heterocycles. The first-order valence-electron chi connectivity index (χ1n) is 9.31. The molecule has 0 fully saturated rings. The molecule has 0 atom stereocenters. The minimum atomic E-state index is -1.07. The highest BCUT2D eigenvalue weighted by molar-refractivity contribution is 6.01. The lowest BCUT2D eigenvalue weighted by molar-refractivity contribution is -0.115. The third-order valence-electron chi connectivity index (χ3n) is 4.85. The van der Waals surface area contributed by atoms with Crippen LogP contribution < -0.4 is 5.32 Å². The third kappa shape index (κ3) is 4.01. The van der Waals surface area contributed by atoms with Crippen molar-refractivity contribution in [2.24, 2.45) is 0 Å². The van der Waals surface area contributed by atoms with Crippen LogP contribution >= 0.6 is 0 Å². The average Bonchev–Trinajstić information content (AvgIpc) is 2.74. The monoisotopic (exact) mass is 381 g/mol. The van der Waals surface area contributed by atoms with Gasteiger partial charge in [0, 0.05) is 0 Å². The van der Waals surface area contributed by atoms with E-state index in [0.717, 1.165) is 16.7 Å². The minimum Gasteiger partial charge on any atom is -0.478 e. The number of hydrogen-bond donors (Lipinski definition) is 2. The van der Waals surface area contributed by atoms with E-state index < -0.39 is 5.97 Å². The maximum Gasteiger partial charge on any atom is 0.337 e. The molecule has 4 rings (SSSR count). The van der Waals surface area contributed by atoms with E-state index in [0.29, 0.717) is 5.69 Å². The Morgan fingerprint density at radius 3 is 2.24 bits per heavy atom. The number of amides is 1. The van der Waals surface area contributed by atoms with Crippen molar-refractivity contribution in [3.05, 3.63) is 102 Å². The Morgan fingerprint density at radius 1 is 0.759 bits per heavy atom. The summed E-state index contributed by atoms with van der Waals surface area (Å²) >= 11 is 0. The molecule has 0 radical (unpaired) electrons. The highest BCUT2D eigenvalue weighted by Gasteiger charge is 2.12. The molecule has 29 heavy (non-hydrogen) atoms. The molecule has 0 bridgehead atoms. The summed E-state index contributed by atoms with van der Waals surface area (Å²) in [5.74, 6) is -1.32. The number of carboxylic acids is 1. The molecule has 0 aromatic heterocycles. The molecule has 0 heterocycles. The van der Waals surface area contributed by atoms with Crippen LogP contribution in [0.25, 0.3) is 21.9 Å². The zero-order valence-corrected chi connectivity index (χ0v) is 15.6. The van der Waals surface area contributed by atoms with E-state index in [9.17, 15) is 14.7 Å². The van der Waals surface area contributed by atoms with E-state index in [1.807, 2.05) is 42.5 Å². The van der Waals surface area contributed by atoms with Crippen LogP contribution in [0.15, 0.2) is 91.0 Å². The number of rotatable bonds is 5. The number of carbonyl (C=O) groups excluding carboxylic acids is 1. The lowest BCUT2D eigenvalue weighted by Crippen LogP contribution is -2.16. The molecular formula is C25H19NO3. The average molecular weight is 381 g/mol. The van der Waals surface area contributed by atoms with Crippen LogP contribution in [0, 0.1) is 0 Å². The standard InChI is InChI=1S/C25H19NO3/c27-24(26-23-11-4-3-9-22(23)25(28)29)16-17-12-14-19(15-13-17)21-10-5-7-18-6-1-2-8-20(18)21/h1-15H,16H2,(H,26,27)(H,28,29). The van der Waals surface area contributed by atoms with Crippen LogP contribution in [0.5, 0.6) is 0 Å². The third-order valence-corrected chi connectivity index (χ3v) is 4.85. The Morgan fingerprint density at radius 2 is 1.45 bits per heavy atom. The summed E-state index contributed by atoms with van der Waals surface area (Å²) in [5.41, 5.74) is 3.47. The van der Waals surface area contributed by atoms with Gasteiger partial charge >= 0.3 is 5.97 Å². The van der Waals surface area contributed by atoms with E-state index in [4.69, 9.17) is 0 Å². The highest BCUT2D eigenvalue weighted by Crippen LogP contribution is 2.28. The SMILES string of the molecule is O=C(Cc1ccc(-c2cccc3ccccc23)cc1)Nc1ccccc1C(=O)O. The van der Waals surface area contributed by atoms with Gasteiger partial charge in [0.15, 0.2) is 0 Å². The molecule has 1 amide bonds. The number of fused-ring (bicyclic) bond motifs is 1. The van der Waals surface area contributed by atoms with Gasteiger partial charge in [-0.15, -0.1) is 0 Å². The smallest absolute Gasteiger partial charge is 0.337 e. The fraction of sp³-hybridized carbons (Fsp3) is 0.0400. The quantitative estimate of drug-likeness (QED) is 0.487. The molecule has 0 saturated carbocycles. The summed E-state index contributed by atoms with van der Waals surface area (Å²) in [7, 11) is 0. The van der Waals surface area contributed by atoms with Crippen molar-refractivity contribution < 1.29 is 14.7 Å². The zero-order valence-electron chi connectivity index (χ0n) is 15.6. The topological polar surface area (TPSA) is 66.4 Å². The number of carboxylic acid groups (broad SMARTS) is 1. The van der Waals surface area contributed by atoms with Crippen molar-refractivity contribution in [3.63, 3.8) is 0 Å². The second-order valence-corrected chi connectivity index (χ2v) is 6.80. The Kier molecular flexibility index (Phi) is 5.08. The molecule has 4 heteroatoms. The van der Waals surface area contributed by atoms with Crippen LogP contribution in [0.1, 0.15) is 15.9 Å². The molecule has 0 saturated heterocycles. The Bertz CT molecular complexity index is 1190. The summed E-state index contributed by atoms with van der Waals surface area (Å²) in [5, 5.41) is 14.3. The molecule has 4 aromatic rings. The van der Waals surface area contributed by atoms with Crippen molar-refractivity contribution >= 4 is 28.3 Å². The molecule has 0 unspecified atom stereocenters. The first kappa shape index (κ1) is 18.4. The Labute approximate surface area is 168 Å². The molecule has 4 aromatic carbocycles.